The number of nitriles is 1. The molecule has 1 spiro atoms. The zero-order chi connectivity index (χ0) is 41.4. The molecule has 1 aliphatic carbocycles. The fourth-order valence-corrected chi connectivity index (χ4v) is 11.0. The number of ether oxygens (including phenoxy) is 1. The average molecular weight is 830 g/mol. The zero-order valence-corrected chi connectivity index (χ0v) is 33.7. The van der Waals surface area contributed by atoms with E-state index in [-0.39, 0.29) is 65.3 Å². The maximum absolute atomic E-state index is 13.8. The first kappa shape index (κ1) is 38.3. The van der Waals surface area contributed by atoms with Crippen LogP contribution < -0.4 is 19.9 Å². The van der Waals surface area contributed by atoms with E-state index in [0.29, 0.717) is 48.1 Å². The number of piperazine rings is 1. The van der Waals surface area contributed by atoms with E-state index >= 15 is 0 Å². The van der Waals surface area contributed by atoms with Crippen molar-refractivity contribution in [2.75, 3.05) is 49.1 Å². The number of carbonyl (C=O) groups is 6. The minimum atomic E-state index is -0.996. The van der Waals surface area contributed by atoms with Crippen molar-refractivity contribution < 1.29 is 33.5 Å². The number of hydrogen-bond acceptors (Lipinski definition) is 10. The van der Waals surface area contributed by atoms with E-state index in [1.165, 1.54) is 0 Å². The van der Waals surface area contributed by atoms with Crippen LogP contribution in [0.15, 0.2) is 60.7 Å². The van der Waals surface area contributed by atoms with E-state index in [4.69, 9.17) is 16.3 Å². The third-order valence-electron chi connectivity index (χ3n) is 13.9. The summed E-state index contributed by atoms with van der Waals surface area (Å²) in [4.78, 5) is 87.3. The molecule has 5 saturated heterocycles. The summed E-state index contributed by atoms with van der Waals surface area (Å²) in [6.45, 7) is 4.25. The van der Waals surface area contributed by atoms with Crippen LogP contribution in [0.1, 0.15) is 88.0 Å². The molecule has 1 N–H and O–H groups in total. The second kappa shape index (κ2) is 14.7. The highest BCUT2D eigenvalue weighted by molar-refractivity contribution is 6.31. The van der Waals surface area contributed by atoms with Crippen LogP contribution in [-0.4, -0.2) is 114 Å². The summed E-state index contributed by atoms with van der Waals surface area (Å²) in [6.07, 6.45) is 5.21. The lowest BCUT2D eigenvalue weighted by Gasteiger charge is -2.60. The van der Waals surface area contributed by atoms with Crippen molar-refractivity contribution >= 4 is 58.4 Å². The summed E-state index contributed by atoms with van der Waals surface area (Å²) in [5, 5.41) is 11.8. The summed E-state index contributed by atoms with van der Waals surface area (Å²) in [7, 11) is 0. The standard InChI is InChI=1S/C45H44ClN7O7/c46-37-20-33(9-3-27(37)23-47)60-34-17-31-6-7-32(18-34)52(31)42(57)26-1-4-29(5-2-26)49-13-15-50(16-14-49)41(56)28-21-45(22-28)24-51(25-45)30-8-10-35-36(19-30)44(59)53(43(35)58)38-11-12-39(54)48-40(38)55/h1-5,8-10,19-20,28,31-32,34,38H,6-7,11-18,21-22,24-25H2,(H,48,54,55)/t31-,32+,34+,38?. The number of benzene rings is 3. The largest absolute Gasteiger partial charge is 0.490 e. The summed E-state index contributed by atoms with van der Waals surface area (Å²) in [6, 6.07) is 19.5. The molecule has 6 heterocycles. The summed E-state index contributed by atoms with van der Waals surface area (Å²) in [5.74, 6) is -1.17. The maximum atomic E-state index is 13.8. The number of anilines is 2. The molecule has 6 aliphatic heterocycles. The first-order valence-electron chi connectivity index (χ1n) is 20.9. The lowest BCUT2D eigenvalue weighted by atomic mass is 9.57. The first-order valence-corrected chi connectivity index (χ1v) is 21.3. The van der Waals surface area contributed by atoms with Gasteiger partial charge in [0.1, 0.15) is 24.0 Å². The molecule has 3 aromatic rings. The molecule has 3 aromatic carbocycles. The van der Waals surface area contributed by atoms with E-state index in [1.54, 1.807) is 30.3 Å². The van der Waals surface area contributed by atoms with Crippen molar-refractivity contribution in [3.63, 3.8) is 0 Å². The van der Waals surface area contributed by atoms with Crippen molar-refractivity contribution in [3.8, 4) is 11.8 Å². The molecular weight excluding hydrogens is 786 g/mol. The molecule has 1 unspecified atom stereocenters. The second-order valence-electron chi connectivity index (χ2n) is 17.6. The van der Waals surface area contributed by atoms with Crippen LogP contribution in [0.4, 0.5) is 11.4 Å². The van der Waals surface area contributed by atoms with Crippen molar-refractivity contribution in [1.29, 1.82) is 5.26 Å². The number of amides is 6. The fraction of sp³-hybridized carbons (Fsp3) is 0.444. The first-order chi connectivity index (χ1) is 29.0. The molecule has 14 nitrogen and oxygen atoms in total. The quantitative estimate of drug-likeness (QED) is 0.338. The minimum Gasteiger partial charge on any atom is -0.490 e. The van der Waals surface area contributed by atoms with Gasteiger partial charge in [-0.2, -0.15) is 5.26 Å². The van der Waals surface area contributed by atoms with Gasteiger partial charge in [0.25, 0.3) is 17.7 Å². The molecule has 0 aromatic heterocycles. The highest BCUT2D eigenvalue weighted by Crippen LogP contribution is 2.53. The van der Waals surface area contributed by atoms with E-state index in [1.807, 2.05) is 35.2 Å². The Kier molecular flexibility index (Phi) is 9.35. The molecule has 6 amide bonds. The Morgan fingerprint density at radius 2 is 1.48 bits per heavy atom. The predicted molar refractivity (Wildman–Crippen MR) is 219 cm³/mol. The smallest absolute Gasteiger partial charge is 0.262 e. The monoisotopic (exact) mass is 829 g/mol. The van der Waals surface area contributed by atoms with Crippen LogP contribution in [0.5, 0.6) is 5.75 Å². The van der Waals surface area contributed by atoms with Crippen LogP contribution >= 0.6 is 11.6 Å². The maximum Gasteiger partial charge on any atom is 0.262 e. The van der Waals surface area contributed by atoms with Gasteiger partial charge in [0.15, 0.2) is 0 Å². The number of halogens is 1. The normalized spacial score (nSPS) is 25.8. The molecule has 0 radical (unpaired) electrons. The van der Waals surface area contributed by atoms with E-state index in [9.17, 15) is 34.0 Å². The molecule has 60 heavy (non-hydrogen) atoms. The third-order valence-corrected chi connectivity index (χ3v) is 14.2. The van der Waals surface area contributed by atoms with Gasteiger partial charge < -0.3 is 24.3 Å². The molecular formula is C45H44ClN7O7. The van der Waals surface area contributed by atoms with Gasteiger partial charge in [0.2, 0.25) is 17.7 Å². The Morgan fingerprint density at radius 1 is 0.800 bits per heavy atom. The van der Waals surface area contributed by atoms with Crippen LogP contribution in [0, 0.1) is 22.7 Å². The third kappa shape index (κ3) is 6.54. The van der Waals surface area contributed by atoms with Gasteiger partial charge >= 0.3 is 0 Å². The molecule has 2 bridgehead atoms. The van der Waals surface area contributed by atoms with Gasteiger partial charge in [-0.3, -0.25) is 39.0 Å². The molecule has 10 rings (SSSR count). The number of nitrogens with zero attached hydrogens (tertiary/aromatic N) is 6. The number of fused-ring (bicyclic) bond motifs is 3. The van der Waals surface area contributed by atoms with Crippen molar-refractivity contribution in [3.05, 3.63) is 87.9 Å². The van der Waals surface area contributed by atoms with Crippen molar-refractivity contribution in [1.82, 2.24) is 20.0 Å². The zero-order valence-electron chi connectivity index (χ0n) is 33.0. The van der Waals surface area contributed by atoms with E-state index < -0.39 is 29.7 Å². The molecule has 15 heteroatoms. The number of nitrogens with one attached hydrogen (secondary N) is 1. The Labute approximate surface area is 351 Å². The number of imide groups is 2. The van der Waals surface area contributed by atoms with Gasteiger partial charge in [-0.15, -0.1) is 0 Å². The van der Waals surface area contributed by atoms with Crippen molar-refractivity contribution in [2.45, 2.75) is 75.6 Å². The van der Waals surface area contributed by atoms with Crippen LogP contribution in [-0.2, 0) is 14.4 Å². The van der Waals surface area contributed by atoms with Gasteiger partial charge in [-0.25, -0.2) is 0 Å². The lowest BCUT2D eigenvalue weighted by Crippen LogP contribution is -2.65. The van der Waals surface area contributed by atoms with Crippen LogP contribution in [0.25, 0.3) is 0 Å². The molecule has 1 saturated carbocycles. The molecule has 308 valence electrons. The molecule has 7 aliphatic rings. The topological polar surface area (TPSA) is 164 Å². The Balaban J connectivity index is 0.681. The number of rotatable bonds is 7. The number of carbonyl (C=O) groups excluding carboxylic acids is 6. The minimum absolute atomic E-state index is 0.00770. The van der Waals surface area contributed by atoms with Gasteiger partial charge in [0, 0.05) is 105 Å². The average Bonchev–Trinajstić information content (AvgIpc) is 3.63. The summed E-state index contributed by atoms with van der Waals surface area (Å²) in [5.41, 5.74) is 3.55. The number of piperidine rings is 2. The van der Waals surface area contributed by atoms with Gasteiger partial charge in [-0.05, 0) is 86.7 Å². The van der Waals surface area contributed by atoms with Gasteiger partial charge in [-0.1, -0.05) is 11.6 Å². The van der Waals surface area contributed by atoms with Crippen LogP contribution in [0.2, 0.25) is 5.02 Å². The summed E-state index contributed by atoms with van der Waals surface area (Å²) < 4.78 is 6.26. The lowest BCUT2D eigenvalue weighted by molar-refractivity contribution is -0.145. The number of hydrogen-bond donors (Lipinski definition) is 1. The Morgan fingerprint density at radius 3 is 2.15 bits per heavy atom. The molecule has 6 fully saturated rings. The van der Waals surface area contributed by atoms with E-state index in [2.05, 4.69) is 26.1 Å². The van der Waals surface area contributed by atoms with Gasteiger partial charge in [0.05, 0.1) is 21.7 Å². The van der Waals surface area contributed by atoms with E-state index in [0.717, 1.165) is 67.9 Å². The highest BCUT2D eigenvalue weighted by atomic mass is 35.5. The highest BCUT2D eigenvalue weighted by Gasteiger charge is 2.55. The SMILES string of the molecule is N#Cc1ccc(O[C@H]2C[C@H]3CC[C@@H](C2)N3C(=O)c2ccc(N3CCN(C(=O)C4CC5(C4)CN(c4ccc6c(c4)C(=O)N(C4CCC(=O)NC4=O)C6=O)C5)CC3)cc2)cc1Cl. The second-order valence-corrected chi connectivity index (χ2v) is 18.0. The van der Waals surface area contributed by atoms with Crippen LogP contribution in [0.3, 0.4) is 0 Å². The van der Waals surface area contributed by atoms with Crippen molar-refractivity contribution in [2.24, 2.45) is 11.3 Å². The Hall–Kier alpha value is -5.94. The predicted octanol–water partition coefficient (Wildman–Crippen LogP) is 4.39. The molecule has 4 atom stereocenters. The Bertz CT molecular complexity index is 2360. The summed E-state index contributed by atoms with van der Waals surface area (Å²) >= 11 is 6.22. The fourth-order valence-electron chi connectivity index (χ4n) is 10.8.